The van der Waals surface area contributed by atoms with Crippen LogP contribution in [0.5, 0.6) is 0 Å². The Labute approximate surface area is 132 Å². The molecule has 0 bridgehead atoms. The van der Waals surface area contributed by atoms with Crippen LogP contribution in [0.1, 0.15) is 53.1 Å². The van der Waals surface area contributed by atoms with Crippen LogP contribution in [0.3, 0.4) is 0 Å². The van der Waals surface area contributed by atoms with Crippen LogP contribution in [0, 0.1) is 0 Å². The maximum atomic E-state index is 4.98. The number of hydrogen-bond donors (Lipinski definition) is 0. The standard InChI is InChI=1S/C20H24N2/c1-19(2,3)17-16-14-10-8-7-9-13(14)11-12-15(16)21-18(22-17)20(4,5)6/h7-12H,1-6H3. The normalized spacial score (nSPS) is 13.0. The number of fused-ring (bicyclic) bond motifs is 3. The lowest BCUT2D eigenvalue weighted by Crippen LogP contribution is -2.22. The average Bonchev–Trinajstić information content (AvgIpc) is 2.44. The molecule has 3 rings (SSSR count). The van der Waals surface area contributed by atoms with E-state index < -0.39 is 0 Å². The van der Waals surface area contributed by atoms with E-state index >= 15 is 0 Å². The van der Waals surface area contributed by atoms with Crippen LogP contribution in [0.15, 0.2) is 36.4 Å². The Kier molecular flexibility index (Phi) is 3.24. The molecular weight excluding hydrogens is 268 g/mol. The molecule has 0 aliphatic rings. The molecule has 0 fully saturated rings. The predicted molar refractivity (Wildman–Crippen MR) is 94.4 cm³/mol. The second kappa shape index (κ2) is 4.77. The van der Waals surface area contributed by atoms with Crippen LogP contribution in [-0.4, -0.2) is 9.97 Å². The summed E-state index contributed by atoms with van der Waals surface area (Å²) in [6.45, 7) is 13.2. The number of benzene rings is 2. The van der Waals surface area contributed by atoms with Gasteiger partial charge in [0.05, 0.1) is 11.2 Å². The molecule has 1 aromatic heterocycles. The third-order valence-corrected chi connectivity index (χ3v) is 3.97. The molecule has 2 nitrogen and oxygen atoms in total. The molecule has 0 saturated carbocycles. The summed E-state index contributed by atoms with van der Waals surface area (Å²) >= 11 is 0. The number of nitrogens with zero attached hydrogens (tertiary/aromatic N) is 2. The van der Waals surface area contributed by atoms with Gasteiger partial charge in [0.2, 0.25) is 0 Å². The highest BCUT2D eigenvalue weighted by atomic mass is 14.9. The minimum absolute atomic E-state index is 0.0225. The Morgan fingerprint density at radius 1 is 0.727 bits per heavy atom. The molecule has 0 amide bonds. The van der Waals surface area contributed by atoms with E-state index in [0.717, 1.165) is 17.0 Å². The summed E-state index contributed by atoms with van der Waals surface area (Å²) in [4.78, 5) is 9.84. The molecule has 3 aromatic rings. The second-order valence-corrected chi connectivity index (χ2v) is 8.08. The van der Waals surface area contributed by atoms with Crippen molar-refractivity contribution in [1.29, 1.82) is 0 Å². The predicted octanol–water partition coefficient (Wildman–Crippen LogP) is 5.38. The molecule has 2 aromatic carbocycles. The van der Waals surface area contributed by atoms with Gasteiger partial charge in [-0.15, -0.1) is 0 Å². The largest absolute Gasteiger partial charge is 0.236 e. The zero-order chi connectivity index (χ0) is 16.1. The first-order valence-corrected chi connectivity index (χ1v) is 7.88. The molecular formula is C20H24N2. The first-order chi connectivity index (χ1) is 10.2. The summed E-state index contributed by atoms with van der Waals surface area (Å²) < 4.78 is 0. The van der Waals surface area contributed by atoms with E-state index in [1.54, 1.807) is 0 Å². The fourth-order valence-corrected chi connectivity index (χ4v) is 2.78. The zero-order valence-electron chi connectivity index (χ0n) is 14.4. The first kappa shape index (κ1) is 15.0. The van der Waals surface area contributed by atoms with Gasteiger partial charge in [-0.3, -0.25) is 0 Å². The van der Waals surface area contributed by atoms with Gasteiger partial charge in [0, 0.05) is 16.2 Å². The van der Waals surface area contributed by atoms with Crippen molar-refractivity contribution in [2.75, 3.05) is 0 Å². The maximum absolute atomic E-state index is 4.98. The van der Waals surface area contributed by atoms with Crippen LogP contribution in [-0.2, 0) is 10.8 Å². The summed E-state index contributed by atoms with van der Waals surface area (Å²) in [7, 11) is 0. The quantitative estimate of drug-likeness (QED) is 0.520. The zero-order valence-corrected chi connectivity index (χ0v) is 14.4. The van der Waals surface area contributed by atoms with Gasteiger partial charge in [-0.05, 0) is 16.8 Å². The Hall–Kier alpha value is -1.96. The van der Waals surface area contributed by atoms with E-state index in [4.69, 9.17) is 9.97 Å². The summed E-state index contributed by atoms with van der Waals surface area (Å²) in [5.74, 6) is 0.917. The van der Waals surface area contributed by atoms with Crippen LogP contribution in [0.25, 0.3) is 21.7 Å². The van der Waals surface area contributed by atoms with Crippen molar-refractivity contribution in [1.82, 2.24) is 9.97 Å². The van der Waals surface area contributed by atoms with Gasteiger partial charge in [-0.1, -0.05) is 71.9 Å². The maximum Gasteiger partial charge on any atom is 0.134 e. The van der Waals surface area contributed by atoms with E-state index in [-0.39, 0.29) is 10.8 Å². The Balaban J connectivity index is 2.51. The fraction of sp³-hybridized carbons (Fsp3) is 0.400. The Bertz CT molecular complexity index is 849. The Morgan fingerprint density at radius 2 is 1.41 bits per heavy atom. The van der Waals surface area contributed by atoms with Crippen LogP contribution < -0.4 is 0 Å². The Morgan fingerprint density at radius 3 is 2.05 bits per heavy atom. The molecule has 0 spiro atoms. The van der Waals surface area contributed by atoms with E-state index in [2.05, 4.69) is 77.9 Å². The molecule has 0 saturated heterocycles. The van der Waals surface area contributed by atoms with Crippen molar-refractivity contribution < 1.29 is 0 Å². The second-order valence-electron chi connectivity index (χ2n) is 8.08. The molecule has 0 radical (unpaired) electrons. The number of aromatic nitrogens is 2. The van der Waals surface area contributed by atoms with Gasteiger partial charge in [-0.2, -0.15) is 0 Å². The molecule has 0 unspecified atom stereocenters. The van der Waals surface area contributed by atoms with E-state index in [1.165, 1.54) is 16.2 Å². The highest BCUT2D eigenvalue weighted by molar-refractivity contribution is 6.07. The molecule has 114 valence electrons. The van der Waals surface area contributed by atoms with Crippen molar-refractivity contribution in [3.05, 3.63) is 47.9 Å². The smallest absolute Gasteiger partial charge is 0.134 e. The summed E-state index contributed by atoms with van der Waals surface area (Å²) in [6, 6.07) is 12.8. The lowest BCUT2D eigenvalue weighted by atomic mass is 9.86. The lowest BCUT2D eigenvalue weighted by molar-refractivity contribution is 0.520. The first-order valence-electron chi connectivity index (χ1n) is 7.88. The van der Waals surface area contributed by atoms with Gasteiger partial charge in [0.15, 0.2) is 0 Å². The van der Waals surface area contributed by atoms with Gasteiger partial charge in [-0.25, -0.2) is 9.97 Å². The van der Waals surface area contributed by atoms with Crippen molar-refractivity contribution in [3.63, 3.8) is 0 Å². The highest BCUT2D eigenvalue weighted by Crippen LogP contribution is 2.34. The molecule has 2 heteroatoms. The highest BCUT2D eigenvalue weighted by Gasteiger charge is 2.25. The van der Waals surface area contributed by atoms with E-state index in [9.17, 15) is 0 Å². The summed E-state index contributed by atoms with van der Waals surface area (Å²) in [5.41, 5.74) is 2.10. The molecule has 1 heterocycles. The summed E-state index contributed by atoms with van der Waals surface area (Å²) in [5, 5.41) is 3.68. The molecule has 0 atom stereocenters. The van der Waals surface area contributed by atoms with E-state index in [1.807, 2.05) is 0 Å². The minimum Gasteiger partial charge on any atom is -0.236 e. The fourth-order valence-electron chi connectivity index (χ4n) is 2.78. The molecule has 0 aliphatic heterocycles. The van der Waals surface area contributed by atoms with Crippen molar-refractivity contribution in [3.8, 4) is 0 Å². The van der Waals surface area contributed by atoms with Crippen molar-refractivity contribution in [2.45, 2.75) is 52.4 Å². The summed E-state index contributed by atoms with van der Waals surface area (Å²) in [6.07, 6.45) is 0. The van der Waals surface area contributed by atoms with Crippen LogP contribution >= 0.6 is 0 Å². The third-order valence-electron chi connectivity index (χ3n) is 3.97. The lowest BCUT2D eigenvalue weighted by Gasteiger charge is -2.25. The van der Waals surface area contributed by atoms with Crippen molar-refractivity contribution in [2.24, 2.45) is 0 Å². The molecule has 22 heavy (non-hydrogen) atoms. The van der Waals surface area contributed by atoms with Gasteiger partial charge >= 0.3 is 0 Å². The van der Waals surface area contributed by atoms with Gasteiger partial charge < -0.3 is 0 Å². The monoisotopic (exact) mass is 292 g/mol. The van der Waals surface area contributed by atoms with E-state index in [0.29, 0.717) is 0 Å². The molecule has 0 aliphatic carbocycles. The number of rotatable bonds is 0. The van der Waals surface area contributed by atoms with Crippen LogP contribution in [0.2, 0.25) is 0 Å². The average molecular weight is 292 g/mol. The molecule has 0 N–H and O–H groups in total. The third kappa shape index (κ3) is 2.47. The number of hydrogen-bond acceptors (Lipinski definition) is 2. The van der Waals surface area contributed by atoms with Gasteiger partial charge in [0.1, 0.15) is 5.82 Å². The van der Waals surface area contributed by atoms with Crippen LogP contribution in [0.4, 0.5) is 0 Å². The topological polar surface area (TPSA) is 25.8 Å². The SMILES string of the molecule is CC(C)(C)c1nc(C(C)(C)C)c2c(ccc3ccccc32)n1. The van der Waals surface area contributed by atoms with Crippen molar-refractivity contribution >= 4 is 21.7 Å². The minimum atomic E-state index is -0.0557. The van der Waals surface area contributed by atoms with Gasteiger partial charge in [0.25, 0.3) is 0 Å².